The summed E-state index contributed by atoms with van der Waals surface area (Å²) in [6.45, 7) is 2.25. The van der Waals surface area contributed by atoms with Gasteiger partial charge in [0.2, 0.25) is 0 Å². The summed E-state index contributed by atoms with van der Waals surface area (Å²) in [5, 5.41) is 0. The molecule has 0 aliphatic rings. The molecular formula is C15H18N2O2S. The molecule has 0 bridgehead atoms. The third kappa shape index (κ3) is 2.84. The van der Waals surface area contributed by atoms with Gasteiger partial charge in [-0.1, -0.05) is 24.3 Å². The van der Waals surface area contributed by atoms with Crippen molar-refractivity contribution in [1.82, 2.24) is 0 Å². The van der Waals surface area contributed by atoms with Crippen LogP contribution in [0.15, 0.2) is 53.4 Å². The van der Waals surface area contributed by atoms with Gasteiger partial charge < -0.3 is 5.73 Å². The molecule has 2 rings (SSSR count). The first kappa shape index (κ1) is 14.6. The van der Waals surface area contributed by atoms with Gasteiger partial charge in [0.25, 0.3) is 10.0 Å². The van der Waals surface area contributed by atoms with E-state index in [1.54, 1.807) is 31.3 Å². The van der Waals surface area contributed by atoms with Crippen LogP contribution in [0.1, 0.15) is 11.1 Å². The van der Waals surface area contributed by atoms with Crippen molar-refractivity contribution in [3.63, 3.8) is 0 Å². The fourth-order valence-corrected chi connectivity index (χ4v) is 3.21. The standard InChI is InChI=1S/C15H18N2O2S/c1-12-5-3-7-14(9-12)17(2)20(18,19)15-8-4-6-13(10-15)11-16/h3-10H,11,16H2,1-2H3. The van der Waals surface area contributed by atoms with Crippen molar-refractivity contribution in [3.05, 3.63) is 59.7 Å². The van der Waals surface area contributed by atoms with E-state index in [4.69, 9.17) is 5.73 Å². The lowest BCUT2D eigenvalue weighted by Gasteiger charge is -2.20. The zero-order chi connectivity index (χ0) is 14.8. The molecular weight excluding hydrogens is 272 g/mol. The van der Waals surface area contributed by atoms with E-state index in [0.717, 1.165) is 11.1 Å². The van der Waals surface area contributed by atoms with Gasteiger partial charge in [0.05, 0.1) is 10.6 Å². The Morgan fingerprint density at radius 2 is 1.80 bits per heavy atom. The monoisotopic (exact) mass is 290 g/mol. The van der Waals surface area contributed by atoms with Crippen LogP contribution in [-0.4, -0.2) is 15.5 Å². The Hall–Kier alpha value is -1.85. The van der Waals surface area contributed by atoms with Crippen LogP contribution in [0.4, 0.5) is 5.69 Å². The molecule has 20 heavy (non-hydrogen) atoms. The molecule has 2 N–H and O–H groups in total. The van der Waals surface area contributed by atoms with E-state index in [1.165, 1.54) is 4.31 Å². The molecule has 0 aromatic heterocycles. The molecule has 0 atom stereocenters. The summed E-state index contributed by atoms with van der Waals surface area (Å²) in [7, 11) is -2.01. The fraction of sp³-hybridized carbons (Fsp3) is 0.200. The molecule has 2 aromatic carbocycles. The average molecular weight is 290 g/mol. The summed E-state index contributed by atoms with van der Waals surface area (Å²) < 4.78 is 26.5. The number of hydrogen-bond acceptors (Lipinski definition) is 3. The third-order valence-corrected chi connectivity index (χ3v) is 4.94. The first-order chi connectivity index (χ1) is 9.45. The molecule has 2 aromatic rings. The average Bonchev–Trinajstić information content (AvgIpc) is 2.46. The van der Waals surface area contributed by atoms with Crippen LogP contribution in [-0.2, 0) is 16.6 Å². The van der Waals surface area contributed by atoms with Crippen molar-refractivity contribution in [2.24, 2.45) is 5.73 Å². The Morgan fingerprint density at radius 3 is 2.45 bits per heavy atom. The molecule has 0 radical (unpaired) electrons. The molecule has 0 aliphatic carbocycles. The summed E-state index contributed by atoms with van der Waals surface area (Å²) in [4.78, 5) is 0.254. The van der Waals surface area contributed by atoms with Crippen LogP contribution in [0.2, 0.25) is 0 Å². The molecule has 0 saturated carbocycles. The van der Waals surface area contributed by atoms with Crippen LogP contribution < -0.4 is 10.0 Å². The predicted molar refractivity (Wildman–Crippen MR) is 81.1 cm³/mol. The molecule has 0 unspecified atom stereocenters. The van der Waals surface area contributed by atoms with Crippen molar-refractivity contribution in [3.8, 4) is 0 Å². The lowest BCUT2D eigenvalue weighted by atomic mass is 10.2. The Balaban J connectivity index is 2.43. The molecule has 0 fully saturated rings. The lowest BCUT2D eigenvalue weighted by molar-refractivity contribution is 0.594. The van der Waals surface area contributed by atoms with E-state index in [2.05, 4.69) is 0 Å². The third-order valence-electron chi connectivity index (χ3n) is 3.16. The van der Waals surface area contributed by atoms with Gasteiger partial charge in [0.15, 0.2) is 0 Å². The second kappa shape index (κ2) is 5.64. The Morgan fingerprint density at radius 1 is 1.10 bits per heavy atom. The molecule has 0 amide bonds. The second-order valence-electron chi connectivity index (χ2n) is 4.66. The second-order valence-corrected chi connectivity index (χ2v) is 6.63. The fourth-order valence-electron chi connectivity index (χ4n) is 1.95. The van der Waals surface area contributed by atoms with Crippen molar-refractivity contribution >= 4 is 15.7 Å². The first-order valence-electron chi connectivity index (χ1n) is 6.30. The number of anilines is 1. The summed E-state index contributed by atoms with van der Waals surface area (Å²) in [5.41, 5.74) is 8.01. The van der Waals surface area contributed by atoms with E-state index in [-0.39, 0.29) is 4.90 Å². The number of benzene rings is 2. The zero-order valence-corrected chi connectivity index (χ0v) is 12.4. The minimum atomic E-state index is -3.56. The largest absolute Gasteiger partial charge is 0.326 e. The summed E-state index contributed by atoms with van der Waals surface area (Å²) in [6, 6.07) is 14.1. The maximum atomic E-state index is 12.6. The van der Waals surface area contributed by atoms with Crippen molar-refractivity contribution in [1.29, 1.82) is 0 Å². The quantitative estimate of drug-likeness (QED) is 0.939. The normalized spacial score (nSPS) is 11.3. The SMILES string of the molecule is Cc1cccc(N(C)S(=O)(=O)c2cccc(CN)c2)c1. The number of aryl methyl sites for hydroxylation is 1. The van der Waals surface area contributed by atoms with E-state index in [1.807, 2.05) is 31.2 Å². The van der Waals surface area contributed by atoms with Gasteiger partial charge in [0, 0.05) is 13.6 Å². The Bertz CT molecular complexity index is 711. The van der Waals surface area contributed by atoms with Crippen LogP contribution in [0.25, 0.3) is 0 Å². The number of rotatable bonds is 4. The molecule has 0 heterocycles. The predicted octanol–water partition coefficient (Wildman–Crippen LogP) is 2.28. The summed E-state index contributed by atoms with van der Waals surface area (Å²) >= 11 is 0. The van der Waals surface area contributed by atoms with Gasteiger partial charge in [-0.3, -0.25) is 4.31 Å². The minimum absolute atomic E-state index is 0.254. The van der Waals surface area contributed by atoms with Gasteiger partial charge in [-0.25, -0.2) is 8.42 Å². The van der Waals surface area contributed by atoms with Crippen molar-refractivity contribution in [2.75, 3.05) is 11.4 Å². The van der Waals surface area contributed by atoms with Gasteiger partial charge in [0.1, 0.15) is 0 Å². The van der Waals surface area contributed by atoms with Crippen molar-refractivity contribution < 1.29 is 8.42 Å². The highest BCUT2D eigenvalue weighted by molar-refractivity contribution is 7.92. The number of hydrogen-bond donors (Lipinski definition) is 1. The topological polar surface area (TPSA) is 63.4 Å². The maximum absolute atomic E-state index is 12.6. The highest BCUT2D eigenvalue weighted by atomic mass is 32.2. The smallest absolute Gasteiger partial charge is 0.264 e. The van der Waals surface area contributed by atoms with E-state index >= 15 is 0 Å². The summed E-state index contributed by atoms with van der Waals surface area (Å²) in [6.07, 6.45) is 0. The van der Waals surface area contributed by atoms with Crippen LogP contribution in [0, 0.1) is 6.92 Å². The zero-order valence-electron chi connectivity index (χ0n) is 11.6. The van der Waals surface area contributed by atoms with E-state index < -0.39 is 10.0 Å². The maximum Gasteiger partial charge on any atom is 0.264 e. The lowest BCUT2D eigenvalue weighted by Crippen LogP contribution is -2.26. The molecule has 0 aliphatic heterocycles. The number of nitrogens with two attached hydrogens (primary N) is 1. The van der Waals surface area contributed by atoms with E-state index in [0.29, 0.717) is 12.2 Å². The van der Waals surface area contributed by atoms with Gasteiger partial charge >= 0.3 is 0 Å². The van der Waals surface area contributed by atoms with Crippen LogP contribution >= 0.6 is 0 Å². The summed E-state index contributed by atoms with van der Waals surface area (Å²) in [5.74, 6) is 0. The van der Waals surface area contributed by atoms with E-state index in [9.17, 15) is 8.42 Å². The van der Waals surface area contributed by atoms with Gasteiger partial charge in [-0.2, -0.15) is 0 Å². The molecule has 5 heteroatoms. The number of nitrogens with zero attached hydrogens (tertiary/aromatic N) is 1. The highest BCUT2D eigenvalue weighted by Gasteiger charge is 2.21. The molecule has 4 nitrogen and oxygen atoms in total. The van der Waals surface area contributed by atoms with Crippen LogP contribution in [0.5, 0.6) is 0 Å². The Labute approximate surface area is 119 Å². The van der Waals surface area contributed by atoms with Crippen LogP contribution in [0.3, 0.4) is 0 Å². The van der Waals surface area contributed by atoms with Gasteiger partial charge in [-0.15, -0.1) is 0 Å². The van der Waals surface area contributed by atoms with Gasteiger partial charge in [-0.05, 0) is 42.3 Å². The molecule has 0 saturated heterocycles. The number of sulfonamides is 1. The minimum Gasteiger partial charge on any atom is -0.326 e. The Kier molecular flexibility index (Phi) is 4.11. The first-order valence-corrected chi connectivity index (χ1v) is 7.74. The molecule has 106 valence electrons. The highest BCUT2D eigenvalue weighted by Crippen LogP contribution is 2.23. The molecule has 0 spiro atoms. The van der Waals surface area contributed by atoms with Crippen molar-refractivity contribution in [2.45, 2.75) is 18.4 Å².